The molecule has 7 nitrogen and oxygen atoms in total. The van der Waals surface area contributed by atoms with E-state index in [9.17, 15) is 9.59 Å². The number of carbonyl (C=O) groups excluding carboxylic acids is 2. The number of nitrogens with zero attached hydrogens (tertiary/aromatic N) is 3. The summed E-state index contributed by atoms with van der Waals surface area (Å²) in [6, 6.07) is 8.34. The summed E-state index contributed by atoms with van der Waals surface area (Å²) < 4.78 is 0. The molecule has 3 heterocycles. The van der Waals surface area contributed by atoms with Crippen molar-refractivity contribution in [3.63, 3.8) is 0 Å². The third-order valence-electron chi connectivity index (χ3n) is 7.20. The summed E-state index contributed by atoms with van der Waals surface area (Å²) in [5, 5.41) is 4.40. The molecule has 2 unspecified atom stereocenters. The van der Waals surface area contributed by atoms with E-state index in [4.69, 9.17) is 5.84 Å². The van der Waals surface area contributed by atoms with E-state index in [1.54, 1.807) is 0 Å². The van der Waals surface area contributed by atoms with Gasteiger partial charge in [0.2, 0.25) is 11.8 Å². The predicted octanol–water partition coefficient (Wildman–Crippen LogP) is 1.55. The topological polar surface area (TPSA) is 81.9 Å². The lowest BCUT2D eigenvalue weighted by Crippen LogP contribution is -2.49. The van der Waals surface area contributed by atoms with Crippen LogP contribution in [-0.4, -0.2) is 67.5 Å². The second-order valence-corrected chi connectivity index (χ2v) is 9.23. The largest absolute Gasteiger partial charge is 0.369 e. The molecule has 0 bridgehead atoms. The zero-order chi connectivity index (χ0) is 21.1. The number of imide groups is 1. The van der Waals surface area contributed by atoms with Crippen LogP contribution in [0.25, 0.3) is 0 Å². The number of hydrogen-bond acceptors (Lipinski definition) is 6. The van der Waals surface area contributed by atoms with Crippen LogP contribution in [0.1, 0.15) is 44.1 Å². The molecule has 3 aliphatic heterocycles. The highest BCUT2D eigenvalue weighted by molar-refractivity contribution is 6.00. The first kappa shape index (κ1) is 21.3. The number of benzene rings is 1. The van der Waals surface area contributed by atoms with E-state index in [2.05, 4.69) is 34.2 Å². The molecule has 1 aromatic rings. The Balaban J connectivity index is 1.26. The zero-order valence-electron chi connectivity index (χ0n) is 18.1. The molecule has 0 spiro atoms. The monoisotopic (exact) mass is 413 g/mol. The smallest absolute Gasteiger partial charge is 0.234 e. The van der Waals surface area contributed by atoms with Crippen LogP contribution in [0.5, 0.6) is 0 Å². The number of hydrazine groups is 1. The number of carbonyl (C=O) groups is 2. The van der Waals surface area contributed by atoms with Gasteiger partial charge in [-0.25, -0.2) is 5.01 Å². The Labute approximate surface area is 179 Å². The first-order chi connectivity index (χ1) is 14.5. The van der Waals surface area contributed by atoms with Crippen molar-refractivity contribution in [3.05, 3.63) is 29.8 Å². The Morgan fingerprint density at radius 2 is 1.67 bits per heavy atom. The van der Waals surface area contributed by atoms with Gasteiger partial charge in [-0.05, 0) is 48.8 Å². The molecule has 2 atom stereocenters. The van der Waals surface area contributed by atoms with Gasteiger partial charge in [-0.15, -0.1) is 0 Å². The van der Waals surface area contributed by atoms with Crippen LogP contribution < -0.4 is 16.1 Å². The number of nitrogens with two attached hydrogens (primary N) is 1. The van der Waals surface area contributed by atoms with Crippen LogP contribution in [0.4, 0.5) is 5.69 Å². The maximum Gasteiger partial charge on any atom is 0.234 e. The first-order valence-electron chi connectivity index (χ1n) is 11.4. The highest BCUT2D eigenvalue weighted by Crippen LogP contribution is 2.28. The third-order valence-corrected chi connectivity index (χ3v) is 7.20. The summed E-state index contributed by atoms with van der Waals surface area (Å²) in [6.07, 6.45) is 3.46. The second-order valence-electron chi connectivity index (χ2n) is 9.23. The van der Waals surface area contributed by atoms with Crippen LogP contribution in [0.3, 0.4) is 0 Å². The van der Waals surface area contributed by atoms with Crippen molar-refractivity contribution in [2.45, 2.75) is 38.5 Å². The molecular weight excluding hydrogens is 378 g/mol. The molecule has 164 valence electrons. The highest BCUT2D eigenvalue weighted by atomic mass is 16.2. The summed E-state index contributed by atoms with van der Waals surface area (Å²) in [5.41, 5.74) is 2.22. The Bertz CT molecular complexity index is 736. The molecule has 0 saturated carbocycles. The van der Waals surface area contributed by atoms with Gasteiger partial charge in [0.25, 0.3) is 0 Å². The van der Waals surface area contributed by atoms with Gasteiger partial charge in [0.15, 0.2) is 0 Å². The number of piperazine rings is 1. The maximum atomic E-state index is 12.1. The van der Waals surface area contributed by atoms with Crippen LogP contribution >= 0.6 is 0 Å². The van der Waals surface area contributed by atoms with Crippen LogP contribution in [0.2, 0.25) is 0 Å². The Morgan fingerprint density at radius 3 is 2.30 bits per heavy atom. The quantitative estimate of drug-likeness (QED) is 0.563. The third kappa shape index (κ3) is 5.02. The predicted molar refractivity (Wildman–Crippen MR) is 118 cm³/mol. The van der Waals surface area contributed by atoms with Gasteiger partial charge in [-0.3, -0.25) is 25.6 Å². The van der Waals surface area contributed by atoms with Crippen LogP contribution in [0.15, 0.2) is 24.3 Å². The van der Waals surface area contributed by atoms with Gasteiger partial charge in [0, 0.05) is 57.9 Å². The summed E-state index contributed by atoms with van der Waals surface area (Å²) in [6.45, 7) is 9.88. The molecule has 3 fully saturated rings. The van der Waals surface area contributed by atoms with Crippen molar-refractivity contribution in [1.29, 1.82) is 0 Å². The van der Waals surface area contributed by atoms with E-state index in [1.807, 2.05) is 17.1 Å². The molecule has 7 heteroatoms. The minimum Gasteiger partial charge on any atom is -0.369 e. The fraction of sp³-hybridized carbons (Fsp3) is 0.652. The lowest BCUT2D eigenvalue weighted by Gasteiger charge is -2.39. The summed E-state index contributed by atoms with van der Waals surface area (Å²) in [4.78, 5) is 28.5. The van der Waals surface area contributed by atoms with Crippen LogP contribution in [-0.2, 0) is 9.59 Å². The molecule has 0 aromatic heterocycles. The number of nitrogens with one attached hydrogen (secondary N) is 1. The number of piperidine rings is 2. The van der Waals surface area contributed by atoms with E-state index in [-0.39, 0.29) is 17.7 Å². The number of hydrogen-bond donors (Lipinski definition) is 2. The molecule has 3 aliphatic rings. The fourth-order valence-corrected chi connectivity index (χ4v) is 5.16. The van der Waals surface area contributed by atoms with E-state index in [0.717, 1.165) is 56.7 Å². The van der Waals surface area contributed by atoms with E-state index in [1.165, 1.54) is 25.1 Å². The van der Waals surface area contributed by atoms with E-state index >= 15 is 0 Å². The molecule has 2 amide bonds. The minimum atomic E-state index is -0.207. The lowest BCUT2D eigenvalue weighted by molar-refractivity contribution is -0.134. The molecule has 3 N–H and O–H groups in total. The van der Waals surface area contributed by atoms with Crippen molar-refractivity contribution in [2.24, 2.45) is 17.7 Å². The highest BCUT2D eigenvalue weighted by Gasteiger charge is 2.28. The van der Waals surface area contributed by atoms with Crippen molar-refractivity contribution in [1.82, 2.24) is 15.2 Å². The van der Waals surface area contributed by atoms with Gasteiger partial charge in [0.05, 0.1) is 5.92 Å². The Kier molecular flexibility index (Phi) is 6.71. The minimum absolute atomic E-state index is 0.162. The second kappa shape index (κ2) is 9.45. The standard InChI is InChI=1S/C23H35N5O2/c1-17(18-8-10-28(24)11-9-18)16-26-12-14-27(15-13-26)20-4-2-19(3-5-20)21-6-7-22(29)25-23(21)30/h2-5,17-18,21H,6-16,24H2,1H3,(H,25,29,30). The van der Waals surface area contributed by atoms with Crippen molar-refractivity contribution in [2.75, 3.05) is 50.7 Å². The SMILES string of the molecule is CC(CN1CCN(c2ccc(C3CCC(=O)NC3=O)cc2)CC1)C1CCN(N)CC1. The molecule has 0 radical (unpaired) electrons. The average Bonchev–Trinajstić information content (AvgIpc) is 2.75. The molecule has 1 aromatic carbocycles. The summed E-state index contributed by atoms with van der Waals surface area (Å²) >= 11 is 0. The van der Waals surface area contributed by atoms with Crippen molar-refractivity contribution < 1.29 is 9.59 Å². The Hall–Kier alpha value is -1.96. The zero-order valence-corrected chi connectivity index (χ0v) is 18.1. The lowest BCUT2D eigenvalue weighted by atomic mass is 9.85. The van der Waals surface area contributed by atoms with Gasteiger partial charge < -0.3 is 4.90 Å². The van der Waals surface area contributed by atoms with E-state index in [0.29, 0.717) is 12.8 Å². The molecule has 0 aliphatic carbocycles. The van der Waals surface area contributed by atoms with Gasteiger partial charge in [-0.2, -0.15) is 0 Å². The van der Waals surface area contributed by atoms with Gasteiger partial charge >= 0.3 is 0 Å². The summed E-state index contributed by atoms with van der Waals surface area (Å²) in [7, 11) is 0. The molecule has 30 heavy (non-hydrogen) atoms. The van der Waals surface area contributed by atoms with Crippen molar-refractivity contribution in [3.8, 4) is 0 Å². The molecule has 3 saturated heterocycles. The average molecular weight is 414 g/mol. The number of anilines is 1. The van der Waals surface area contributed by atoms with Gasteiger partial charge in [-0.1, -0.05) is 19.1 Å². The van der Waals surface area contributed by atoms with Crippen LogP contribution in [0, 0.1) is 11.8 Å². The Morgan fingerprint density at radius 1 is 1.00 bits per heavy atom. The molecule has 4 rings (SSSR count). The first-order valence-corrected chi connectivity index (χ1v) is 11.4. The maximum absolute atomic E-state index is 12.1. The van der Waals surface area contributed by atoms with E-state index < -0.39 is 0 Å². The number of amides is 2. The number of rotatable bonds is 5. The fourth-order valence-electron chi connectivity index (χ4n) is 5.16. The summed E-state index contributed by atoms with van der Waals surface area (Å²) in [5.74, 6) is 6.88. The normalized spacial score (nSPS) is 25.9. The molecular formula is C23H35N5O2. The van der Waals surface area contributed by atoms with Crippen molar-refractivity contribution >= 4 is 17.5 Å². The van der Waals surface area contributed by atoms with Gasteiger partial charge in [0.1, 0.15) is 0 Å².